The van der Waals surface area contributed by atoms with Crippen LogP contribution < -0.4 is 16.1 Å². The Labute approximate surface area is 237 Å². The van der Waals surface area contributed by atoms with Crippen molar-refractivity contribution in [1.29, 1.82) is 0 Å². The molecule has 1 aromatic carbocycles. The molecule has 3 N–H and O–H groups in total. The van der Waals surface area contributed by atoms with Crippen LogP contribution in [-0.2, 0) is 28.7 Å². The van der Waals surface area contributed by atoms with Crippen molar-refractivity contribution in [2.75, 3.05) is 24.7 Å². The first-order valence-corrected chi connectivity index (χ1v) is 14.0. The van der Waals surface area contributed by atoms with E-state index in [0.717, 1.165) is 19.2 Å². The van der Waals surface area contributed by atoms with Gasteiger partial charge in [-0.1, -0.05) is 13.0 Å². The summed E-state index contributed by atoms with van der Waals surface area (Å²) < 4.78 is 28.5. The molecular weight excluding hydrogens is 560 g/mol. The van der Waals surface area contributed by atoms with Crippen molar-refractivity contribution in [2.24, 2.45) is 5.10 Å². The summed E-state index contributed by atoms with van der Waals surface area (Å²) in [5.74, 6) is -3.49. The van der Waals surface area contributed by atoms with Crippen LogP contribution in [0.15, 0.2) is 47.7 Å². The molecule has 0 saturated heterocycles. The summed E-state index contributed by atoms with van der Waals surface area (Å²) in [5, 5.41) is 20.0. The van der Waals surface area contributed by atoms with Crippen molar-refractivity contribution in [3.05, 3.63) is 58.3 Å². The highest BCUT2D eigenvalue weighted by Crippen LogP contribution is 2.24. The molecule has 1 heterocycles. The number of rotatable bonds is 15. The third-order valence-corrected chi connectivity index (χ3v) is 6.93. The fourth-order valence-electron chi connectivity index (χ4n) is 3.60. The van der Waals surface area contributed by atoms with E-state index in [0.29, 0.717) is 37.2 Å². The highest BCUT2D eigenvalue weighted by atomic mass is 32.2. The van der Waals surface area contributed by atoms with Crippen molar-refractivity contribution >= 4 is 50.8 Å². The summed E-state index contributed by atoms with van der Waals surface area (Å²) in [7, 11) is -3.30. The highest BCUT2D eigenvalue weighted by Gasteiger charge is 2.28. The van der Waals surface area contributed by atoms with Crippen LogP contribution in [0.5, 0.6) is 0 Å². The molecule has 0 aliphatic carbocycles. The van der Waals surface area contributed by atoms with Gasteiger partial charge in [0.05, 0.1) is 12.0 Å². The number of nitrogens with zero attached hydrogens (tertiary/aromatic N) is 3. The van der Waals surface area contributed by atoms with Gasteiger partial charge in [0.1, 0.15) is 17.4 Å². The summed E-state index contributed by atoms with van der Waals surface area (Å²) >= 11 is 0. The minimum atomic E-state index is -4.20. The Balaban J connectivity index is 2.05. The van der Waals surface area contributed by atoms with E-state index in [1.54, 1.807) is 19.9 Å². The molecule has 222 valence electrons. The molecular formula is C25H32N6O9S. The SMILES string of the molecule is C=C1C=CC(=O)N1CCCCCC(=O)N[C@@H](CS(=O)(=O)OC)C(=O)Nc1ccc(C(=O)NN=C(C)C)c([N+](=O)[O-])c1. The van der Waals surface area contributed by atoms with Crippen LogP contribution in [0.4, 0.5) is 11.4 Å². The number of hydrazone groups is 1. The Morgan fingerprint density at radius 2 is 1.88 bits per heavy atom. The van der Waals surface area contributed by atoms with E-state index in [1.165, 1.54) is 17.0 Å². The van der Waals surface area contributed by atoms with Crippen LogP contribution in [0.1, 0.15) is 49.9 Å². The summed E-state index contributed by atoms with van der Waals surface area (Å²) in [6.07, 6.45) is 4.57. The minimum absolute atomic E-state index is 0.0288. The minimum Gasteiger partial charge on any atom is -0.343 e. The maximum Gasteiger partial charge on any atom is 0.284 e. The molecule has 2 rings (SSSR count). The molecule has 1 atom stereocenters. The second-order valence-electron chi connectivity index (χ2n) is 9.11. The first-order valence-electron chi connectivity index (χ1n) is 12.4. The lowest BCUT2D eigenvalue weighted by Gasteiger charge is -2.19. The van der Waals surface area contributed by atoms with Crippen molar-refractivity contribution in [1.82, 2.24) is 15.6 Å². The lowest BCUT2D eigenvalue weighted by Crippen LogP contribution is -2.48. The summed E-state index contributed by atoms with van der Waals surface area (Å²) in [6, 6.07) is 1.65. The number of hydrogen-bond donors (Lipinski definition) is 3. The Morgan fingerprint density at radius 3 is 2.46 bits per heavy atom. The number of carbonyl (C=O) groups is 4. The molecule has 16 heteroatoms. The topological polar surface area (TPSA) is 206 Å². The quantitative estimate of drug-likeness (QED) is 0.0887. The predicted octanol–water partition coefficient (Wildman–Crippen LogP) is 1.59. The van der Waals surface area contributed by atoms with Crippen molar-refractivity contribution in [3.8, 4) is 0 Å². The van der Waals surface area contributed by atoms with Crippen LogP contribution in [0.25, 0.3) is 0 Å². The number of unbranched alkanes of at least 4 members (excludes halogenated alkanes) is 2. The van der Waals surface area contributed by atoms with Gasteiger partial charge < -0.3 is 15.5 Å². The van der Waals surface area contributed by atoms with Crippen molar-refractivity contribution < 1.29 is 36.7 Å². The molecule has 0 bridgehead atoms. The summed E-state index contributed by atoms with van der Waals surface area (Å²) in [6.45, 7) is 7.42. The number of anilines is 1. The fourth-order valence-corrected chi connectivity index (χ4v) is 4.38. The predicted molar refractivity (Wildman–Crippen MR) is 149 cm³/mol. The van der Waals surface area contributed by atoms with E-state index >= 15 is 0 Å². The van der Waals surface area contributed by atoms with Crippen LogP contribution in [0.2, 0.25) is 0 Å². The van der Waals surface area contributed by atoms with E-state index in [1.807, 2.05) is 0 Å². The molecule has 0 spiro atoms. The molecule has 0 unspecified atom stereocenters. The number of nitrogens with one attached hydrogen (secondary N) is 3. The number of allylic oxidation sites excluding steroid dienone is 1. The van der Waals surface area contributed by atoms with Crippen LogP contribution >= 0.6 is 0 Å². The fraction of sp³-hybridized carbons (Fsp3) is 0.400. The lowest BCUT2D eigenvalue weighted by molar-refractivity contribution is -0.385. The molecule has 0 saturated carbocycles. The van der Waals surface area contributed by atoms with Gasteiger partial charge >= 0.3 is 0 Å². The van der Waals surface area contributed by atoms with Gasteiger partial charge in [-0.25, -0.2) is 5.43 Å². The first kappa shape index (κ1) is 32.8. The Morgan fingerprint density at radius 1 is 1.17 bits per heavy atom. The Kier molecular flexibility index (Phi) is 11.8. The largest absolute Gasteiger partial charge is 0.343 e. The number of carbonyl (C=O) groups excluding carboxylic acids is 4. The number of hydrogen-bond acceptors (Lipinski definition) is 10. The maximum atomic E-state index is 12.9. The first-order chi connectivity index (χ1) is 19.2. The van der Waals surface area contributed by atoms with Gasteiger partial charge in [-0.2, -0.15) is 13.5 Å². The van der Waals surface area contributed by atoms with Crippen LogP contribution in [0.3, 0.4) is 0 Å². The summed E-state index contributed by atoms with van der Waals surface area (Å²) in [5.41, 5.74) is 2.20. The van der Waals surface area contributed by atoms with E-state index in [-0.39, 0.29) is 23.6 Å². The highest BCUT2D eigenvalue weighted by molar-refractivity contribution is 7.86. The van der Waals surface area contributed by atoms with Crippen LogP contribution in [-0.4, -0.2) is 73.0 Å². The van der Waals surface area contributed by atoms with Crippen molar-refractivity contribution in [3.63, 3.8) is 0 Å². The Hall–Kier alpha value is -4.44. The molecule has 4 amide bonds. The molecule has 1 aliphatic rings. The average Bonchev–Trinajstić information content (AvgIpc) is 3.23. The lowest BCUT2D eigenvalue weighted by atomic mass is 10.1. The van der Waals surface area contributed by atoms with Gasteiger partial charge in [0.15, 0.2) is 0 Å². The van der Waals surface area contributed by atoms with E-state index < -0.39 is 50.2 Å². The van der Waals surface area contributed by atoms with Gasteiger partial charge in [-0.3, -0.25) is 33.5 Å². The third kappa shape index (κ3) is 10.2. The van der Waals surface area contributed by atoms with E-state index in [4.69, 9.17) is 0 Å². The molecule has 15 nitrogen and oxygen atoms in total. The van der Waals surface area contributed by atoms with Crippen molar-refractivity contribution in [2.45, 2.75) is 45.6 Å². The second-order valence-corrected chi connectivity index (χ2v) is 10.9. The molecule has 0 fully saturated rings. The molecule has 41 heavy (non-hydrogen) atoms. The maximum absolute atomic E-state index is 12.9. The van der Waals surface area contributed by atoms with Gasteiger partial charge in [0, 0.05) is 42.2 Å². The van der Waals surface area contributed by atoms with Crippen LogP contribution in [0, 0.1) is 10.1 Å². The van der Waals surface area contributed by atoms with E-state index in [9.17, 15) is 37.7 Å². The van der Waals surface area contributed by atoms with Gasteiger partial charge in [0.2, 0.25) is 11.8 Å². The molecule has 1 aliphatic heterocycles. The zero-order valence-electron chi connectivity index (χ0n) is 22.8. The number of benzene rings is 1. The molecule has 0 radical (unpaired) electrons. The molecule has 1 aromatic rings. The van der Waals surface area contributed by atoms with Gasteiger partial charge in [0.25, 0.3) is 27.6 Å². The smallest absolute Gasteiger partial charge is 0.284 e. The number of nitro groups is 1. The van der Waals surface area contributed by atoms with E-state index in [2.05, 4.69) is 31.9 Å². The zero-order valence-corrected chi connectivity index (χ0v) is 23.7. The monoisotopic (exact) mass is 592 g/mol. The number of amides is 4. The summed E-state index contributed by atoms with van der Waals surface area (Å²) in [4.78, 5) is 61.7. The molecule has 0 aromatic heterocycles. The third-order valence-electron chi connectivity index (χ3n) is 5.68. The van der Waals surface area contributed by atoms with Gasteiger partial charge in [-0.15, -0.1) is 0 Å². The normalized spacial score (nSPS) is 13.5. The number of nitro benzene ring substituents is 1. The standard InChI is InChI=1S/C25H32N6O9S/c1-16(2)28-29-24(34)19-11-10-18(14-21(19)31(36)37)26-25(35)20(15-41(38,39)40-4)27-22(32)8-6-5-7-13-30-17(3)9-12-23(30)33/h9-12,14,20H,3,5-8,13,15H2,1-2,4H3,(H,26,35)(H,27,32)(H,29,34)/t20-/m0/s1. The van der Waals surface area contributed by atoms with Gasteiger partial charge in [-0.05, 0) is 44.9 Å². The Bertz CT molecular complexity index is 1370. The average molecular weight is 593 g/mol. The zero-order chi connectivity index (χ0) is 30.7. The second kappa shape index (κ2) is 14.8.